The van der Waals surface area contributed by atoms with Gasteiger partial charge in [0.2, 0.25) is 0 Å². The number of nitrogens with one attached hydrogen (secondary N) is 1. The molecule has 1 aliphatic rings. The molecule has 110 valence electrons. The van der Waals surface area contributed by atoms with Gasteiger partial charge in [-0.2, -0.15) is 0 Å². The number of benzene rings is 1. The third kappa shape index (κ3) is 3.87. The molecular formula is C15H21ClN2O2. The number of hydrogen-bond acceptors (Lipinski definition) is 3. The highest BCUT2D eigenvalue weighted by atomic mass is 35.5. The van der Waals surface area contributed by atoms with Crippen LogP contribution in [0.4, 0.5) is 0 Å². The fourth-order valence-electron chi connectivity index (χ4n) is 2.40. The molecule has 0 bridgehead atoms. The quantitative estimate of drug-likeness (QED) is 0.878. The Labute approximate surface area is 124 Å². The molecule has 0 saturated heterocycles. The second-order valence-corrected chi connectivity index (χ2v) is 5.63. The zero-order chi connectivity index (χ0) is 14.5. The molecule has 2 rings (SSSR count). The topological polar surface area (TPSA) is 64.3 Å². The van der Waals surface area contributed by atoms with Crippen molar-refractivity contribution in [3.05, 3.63) is 28.8 Å². The summed E-state index contributed by atoms with van der Waals surface area (Å²) >= 11 is 6.11. The molecular weight excluding hydrogens is 276 g/mol. The van der Waals surface area contributed by atoms with Crippen LogP contribution in [0.3, 0.4) is 0 Å². The van der Waals surface area contributed by atoms with Gasteiger partial charge in [0.15, 0.2) is 6.10 Å². The lowest BCUT2D eigenvalue weighted by Gasteiger charge is -2.18. The van der Waals surface area contributed by atoms with Crippen LogP contribution in [0.2, 0.25) is 5.02 Å². The van der Waals surface area contributed by atoms with Gasteiger partial charge in [-0.1, -0.05) is 30.5 Å². The number of ether oxygens (including phenoxy) is 1. The summed E-state index contributed by atoms with van der Waals surface area (Å²) in [5.41, 5.74) is 6.48. The minimum atomic E-state index is -0.558. The smallest absolute Gasteiger partial charge is 0.260 e. The molecule has 3 N–H and O–H groups in total. The number of carbonyl (C=O) groups excluding carboxylic acids is 1. The van der Waals surface area contributed by atoms with Crippen LogP contribution in [0.25, 0.3) is 0 Å². The highest BCUT2D eigenvalue weighted by Gasteiger charge is 2.22. The number of rotatable bonds is 5. The van der Waals surface area contributed by atoms with Crippen molar-refractivity contribution in [2.45, 2.75) is 51.3 Å². The zero-order valence-electron chi connectivity index (χ0n) is 11.7. The summed E-state index contributed by atoms with van der Waals surface area (Å²) in [5.74, 6) is 0.425. The van der Waals surface area contributed by atoms with Crippen molar-refractivity contribution in [3.8, 4) is 5.75 Å². The molecule has 0 aliphatic heterocycles. The van der Waals surface area contributed by atoms with E-state index in [4.69, 9.17) is 22.1 Å². The van der Waals surface area contributed by atoms with Crippen LogP contribution in [-0.4, -0.2) is 18.1 Å². The van der Waals surface area contributed by atoms with Crippen molar-refractivity contribution in [2.24, 2.45) is 5.73 Å². The average Bonchev–Trinajstić information content (AvgIpc) is 2.93. The number of hydrogen-bond donors (Lipinski definition) is 2. The summed E-state index contributed by atoms with van der Waals surface area (Å²) in [5, 5.41) is 3.49. The fraction of sp³-hybridized carbons (Fsp3) is 0.533. The molecule has 1 fully saturated rings. The van der Waals surface area contributed by atoms with Gasteiger partial charge >= 0.3 is 0 Å². The van der Waals surface area contributed by atoms with E-state index in [1.165, 1.54) is 12.8 Å². The van der Waals surface area contributed by atoms with Crippen molar-refractivity contribution in [1.29, 1.82) is 0 Å². The molecule has 0 radical (unpaired) electrons. The maximum atomic E-state index is 12.0. The lowest BCUT2D eigenvalue weighted by atomic mass is 10.2. The largest absolute Gasteiger partial charge is 0.479 e. The maximum Gasteiger partial charge on any atom is 0.260 e. The Bertz CT molecular complexity index is 473. The molecule has 0 spiro atoms. The van der Waals surface area contributed by atoms with E-state index in [2.05, 4.69) is 5.32 Å². The Morgan fingerprint density at radius 3 is 2.80 bits per heavy atom. The Morgan fingerprint density at radius 1 is 1.50 bits per heavy atom. The molecule has 0 heterocycles. The fourth-order valence-corrected chi connectivity index (χ4v) is 2.65. The highest BCUT2D eigenvalue weighted by molar-refractivity contribution is 6.32. The average molecular weight is 297 g/mol. The van der Waals surface area contributed by atoms with Gasteiger partial charge in [-0.25, -0.2) is 0 Å². The van der Waals surface area contributed by atoms with E-state index in [-0.39, 0.29) is 5.91 Å². The first-order chi connectivity index (χ1) is 9.60. The summed E-state index contributed by atoms with van der Waals surface area (Å²) in [6.07, 6.45) is 3.94. The van der Waals surface area contributed by atoms with Crippen molar-refractivity contribution in [3.63, 3.8) is 0 Å². The summed E-state index contributed by atoms with van der Waals surface area (Å²) in [6, 6.07) is 5.66. The molecule has 1 amide bonds. The van der Waals surface area contributed by atoms with Gasteiger partial charge in [-0.05, 0) is 37.5 Å². The van der Waals surface area contributed by atoms with Crippen molar-refractivity contribution < 1.29 is 9.53 Å². The van der Waals surface area contributed by atoms with E-state index in [9.17, 15) is 4.79 Å². The Kier molecular flexibility index (Phi) is 5.26. The van der Waals surface area contributed by atoms with Gasteiger partial charge < -0.3 is 15.8 Å². The molecule has 1 aromatic rings. The third-order valence-corrected chi connectivity index (χ3v) is 3.90. The SMILES string of the molecule is CC(Oc1ccc(CN)cc1Cl)C(=O)NC1CCCC1. The normalized spacial score (nSPS) is 16.9. The van der Waals surface area contributed by atoms with Crippen LogP contribution in [-0.2, 0) is 11.3 Å². The number of amides is 1. The Hall–Kier alpha value is -1.26. The van der Waals surface area contributed by atoms with Gasteiger partial charge in [-0.3, -0.25) is 4.79 Å². The van der Waals surface area contributed by atoms with Crippen molar-refractivity contribution >= 4 is 17.5 Å². The first-order valence-corrected chi connectivity index (χ1v) is 7.43. The molecule has 1 aromatic carbocycles. The highest BCUT2D eigenvalue weighted by Crippen LogP contribution is 2.26. The van der Waals surface area contributed by atoms with Crippen LogP contribution in [0.5, 0.6) is 5.75 Å². The minimum Gasteiger partial charge on any atom is -0.479 e. The number of carbonyl (C=O) groups is 1. The Balaban J connectivity index is 1.92. The molecule has 1 unspecified atom stereocenters. The van der Waals surface area contributed by atoms with Crippen molar-refractivity contribution in [1.82, 2.24) is 5.32 Å². The van der Waals surface area contributed by atoms with Crippen LogP contribution in [0.1, 0.15) is 38.2 Å². The first-order valence-electron chi connectivity index (χ1n) is 7.05. The lowest BCUT2D eigenvalue weighted by molar-refractivity contribution is -0.127. The maximum absolute atomic E-state index is 12.0. The zero-order valence-corrected chi connectivity index (χ0v) is 12.5. The molecule has 4 nitrogen and oxygen atoms in total. The second-order valence-electron chi connectivity index (χ2n) is 5.22. The predicted octanol–water partition coefficient (Wildman–Crippen LogP) is 2.62. The molecule has 1 aliphatic carbocycles. The summed E-state index contributed by atoms with van der Waals surface area (Å²) in [4.78, 5) is 12.0. The van der Waals surface area contributed by atoms with Crippen molar-refractivity contribution in [2.75, 3.05) is 0 Å². The summed E-state index contributed by atoms with van der Waals surface area (Å²) < 4.78 is 5.63. The molecule has 0 aromatic heterocycles. The van der Waals surface area contributed by atoms with Gasteiger partial charge in [0.05, 0.1) is 5.02 Å². The monoisotopic (exact) mass is 296 g/mol. The summed E-state index contributed by atoms with van der Waals surface area (Å²) in [7, 11) is 0. The van der Waals surface area contributed by atoms with E-state index in [0.717, 1.165) is 18.4 Å². The van der Waals surface area contributed by atoms with Gasteiger partial charge in [0.25, 0.3) is 5.91 Å². The molecule has 20 heavy (non-hydrogen) atoms. The molecule has 5 heteroatoms. The lowest BCUT2D eigenvalue weighted by Crippen LogP contribution is -2.41. The predicted molar refractivity (Wildman–Crippen MR) is 79.8 cm³/mol. The molecule has 1 atom stereocenters. The van der Waals surface area contributed by atoms with E-state index in [0.29, 0.717) is 23.4 Å². The van der Waals surface area contributed by atoms with Crippen LogP contribution in [0, 0.1) is 0 Å². The van der Waals surface area contributed by atoms with Crippen LogP contribution >= 0.6 is 11.6 Å². The van der Waals surface area contributed by atoms with E-state index >= 15 is 0 Å². The van der Waals surface area contributed by atoms with Gasteiger partial charge in [0, 0.05) is 12.6 Å². The van der Waals surface area contributed by atoms with E-state index in [1.54, 1.807) is 19.1 Å². The molecule has 1 saturated carbocycles. The Morgan fingerprint density at radius 2 is 2.20 bits per heavy atom. The van der Waals surface area contributed by atoms with Crippen LogP contribution < -0.4 is 15.8 Å². The van der Waals surface area contributed by atoms with Crippen LogP contribution in [0.15, 0.2) is 18.2 Å². The standard InChI is InChI=1S/C15H21ClN2O2/c1-10(15(19)18-12-4-2-3-5-12)20-14-7-6-11(9-17)8-13(14)16/h6-8,10,12H,2-5,9,17H2,1H3,(H,18,19). The van der Waals surface area contributed by atoms with E-state index in [1.807, 2.05) is 6.07 Å². The minimum absolute atomic E-state index is 0.0872. The summed E-state index contributed by atoms with van der Waals surface area (Å²) in [6.45, 7) is 2.16. The second kappa shape index (κ2) is 6.95. The number of nitrogens with two attached hydrogens (primary N) is 1. The third-order valence-electron chi connectivity index (χ3n) is 3.61. The van der Waals surface area contributed by atoms with Gasteiger partial charge in [0.1, 0.15) is 5.75 Å². The van der Waals surface area contributed by atoms with E-state index < -0.39 is 6.10 Å². The first kappa shape index (κ1) is 15.1. The van der Waals surface area contributed by atoms with Gasteiger partial charge in [-0.15, -0.1) is 0 Å². The number of halogens is 1.